The lowest BCUT2D eigenvalue weighted by Gasteiger charge is -2.18. The van der Waals surface area contributed by atoms with E-state index in [1.807, 2.05) is 0 Å². The first kappa shape index (κ1) is 61.4. The van der Waals surface area contributed by atoms with Gasteiger partial charge in [0.2, 0.25) is 0 Å². The molecule has 2 atom stereocenters. The summed E-state index contributed by atoms with van der Waals surface area (Å²) in [5.41, 5.74) is 0. The Balaban J connectivity index is 4.28. The lowest BCUT2D eigenvalue weighted by molar-refractivity contribution is -0.167. The third-order valence-corrected chi connectivity index (χ3v) is 13.4. The molecule has 1 unspecified atom stereocenters. The van der Waals surface area contributed by atoms with Gasteiger partial charge < -0.3 is 14.2 Å². The van der Waals surface area contributed by atoms with Crippen LogP contribution < -0.4 is 0 Å². The molecule has 0 fully saturated rings. The van der Waals surface area contributed by atoms with Crippen LogP contribution in [0.3, 0.4) is 0 Å². The van der Waals surface area contributed by atoms with Gasteiger partial charge in [0.15, 0.2) is 6.10 Å². The normalized spacial score (nSPS) is 12.4. The fraction of sp³-hybridized carbons (Fsp3) is 0.947. The third-order valence-electron chi connectivity index (χ3n) is 13.4. The summed E-state index contributed by atoms with van der Waals surface area (Å²) < 4.78 is 16.9. The van der Waals surface area contributed by atoms with Crippen molar-refractivity contribution < 1.29 is 28.6 Å². The van der Waals surface area contributed by atoms with Gasteiger partial charge in [-0.05, 0) is 25.2 Å². The molecule has 0 aliphatic carbocycles. The van der Waals surface area contributed by atoms with Crippen LogP contribution in [0.1, 0.15) is 323 Å². The second kappa shape index (κ2) is 51.4. The molecule has 0 aromatic heterocycles. The Morgan fingerprint density at radius 2 is 0.556 bits per heavy atom. The molecule has 0 N–H and O–H groups in total. The highest BCUT2D eigenvalue weighted by Gasteiger charge is 2.19. The minimum absolute atomic E-state index is 0.0622. The highest BCUT2D eigenvalue weighted by atomic mass is 16.6. The van der Waals surface area contributed by atoms with Crippen LogP contribution in [0.15, 0.2) is 0 Å². The van der Waals surface area contributed by atoms with Crippen molar-refractivity contribution in [3.8, 4) is 0 Å². The molecular weight excluding hydrogens is 781 g/mol. The molecule has 6 nitrogen and oxygen atoms in total. The Bertz CT molecular complexity index is 951. The zero-order valence-electron chi connectivity index (χ0n) is 43.0. The summed E-state index contributed by atoms with van der Waals surface area (Å²) in [7, 11) is 0. The van der Waals surface area contributed by atoms with Crippen LogP contribution in [0.2, 0.25) is 0 Å². The molecule has 0 bridgehead atoms. The molecule has 0 spiro atoms. The maximum Gasteiger partial charge on any atom is 0.306 e. The third kappa shape index (κ3) is 49.7. The Hall–Kier alpha value is -1.59. The lowest BCUT2D eigenvalue weighted by atomic mass is 9.99. The minimum Gasteiger partial charge on any atom is -0.462 e. The van der Waals surface area contributed by atoms with Crippen molar-refractivity contribution in [1.29, 1.82) is 0 Å². The van der Waals surface area contributed by atoms with Crippen molar-refractivity contribution in [2.45, 2.75) is 329 Å². The fourth-order valence-electron chi connectivity index (χ4n) is 8.72. The van der Waals surface area contributed by atoms with Crippen molar-refractivity contribution in [1.82, 2.24) is 0 Å². The number of hydrogen-bond donors (Lipinski definition) is 0. The van der Waals surface area contributed by atoms with Crippen molar-refractivity contribution in [3.63, 3.8) is 0 Å². The van der Waals surface area contributed by atoms with E-state index in [0.29, 0.717) is 19.3 Å². The summed E-state index contributed by atoms with van der Waals surface area (Å²) in [4.78, 5) is 38.1. The van der Waals surface area contributed by atoms with Crippen LogP contribution in [0.4, 0.5) is 0 Å². The standard InChI is InChI=1S/C57H110O6/c1-5-8-10-12-14-16-18-20-21-22-23-24-26-28-33-37-41-45-49-56(59)62-52-54(51-61-55(58)48-44-40-36-32-27-25-19-17-15-13-11-9-6-2)63-57(60)50-46-42-38-34-30-29-31-35-39-43-47-53(4)7-3/h53-54H,5-52H2,1-4H3/t53?,54-/m1/s1. The summed E-state index contributed by atoms with van der Waals surface area (Å²) >= 11 is 0. The molecule has 374 valence electrons. The average Bonchev–Trinajstić information content (AvgIpc) is 3.28. The van der Waals surface area contributed by atoms with E-state index in [2.05, 4.69) is 27.7 Å². The second-order valence-electron chi connectivity index (χ2n) is 19.8. The Labute approximate surface area is 393 Å². The van der Waals surface area contributed by atoms with Gasteiger partial charge >= 0.3 is 17.9 Å². The summed E-state index contributed by atoms with van der Waals surface area (Å²) in [5, 5.41) is 0. The van der Waals surface area contributed by atoms with E-state index in [9.17, 15) is 14.4 Å². The van der Waals surface area contributed by atoms with E-state index in [4.69, 9.17) is 14.2 Å². The van der Waals surface area contributed by atoms with Gasteiger partial charge in [0.05, 0.1) is 0 Å². The molecule has 0 aliphatic heterocycles. The van der Waals surface area contributed by atoms with Gasteiger partial charge in [-0.15, -0.1) is 0 Å². The van der Waals surface area contributed by atoms with E-state index in [0.717, 1.165) is 63.7 Å². The number of ether oxygens (including phenoxy) is 3. The first-order valence-electron chi connectivity index (χ1n) is 28.4. The molecule has 0 saturated heterocycles. The van der Waals surface area contributed by atoms with Gasteiger partial charge in [-0.25, -0.2) is 0 Å². The lowest BCUT2D eigenvalue weighted by Crippen LogP contribution is -2.30. The Morgan fingerprint density at radius 1 is 0.317 bits per heavy atom. The van der Waals surface area contributed by atoms with Gasteiger partial charge in [-0.1, -0.05) is 285 Å². The maximum absolute atomic E-state index is 12.8. The number of carbonyl (C=O) groups is 3. The molecule has 63 heavy (non-hydrogen) atoms. The largest absolute Gasteiger partial charge is 0.462 e. The highest BCUT2D eigenvalue weighted by molar-refractivity contribution is 5.71. The van der Waals surface area contributed by atoms with Crippen LogP contribution in [-0.2, 0) is 28.6 Å². The molecule has 0 rings (SSSR count). The fourth-order valence-corrected chi connectivity index (χ4v) is 8.72. The Kier molecular flexibility index (Phi) is 50.1. The van der Waals surface area contributed by atoms with Gasteiger partial charge in [-0.2, -0.15) is 0 Å². The summed E-state index contributed by atoms with van der Waals surface area (Å²) in [5.74, 6) is 0.0294. The smallest absolute Gasteiger partial charge is 0.306 e. The number of unbranched alkanes of at least 4 members (excludes halogenated alkanes) is 38. The quantitative estimate of drug-likeness (QED) is 0.0344. The summed E-state index contributed by atoms with van der Waals surface area (Å²) in [6, 6.07) is 0. The van der Waals surface area contributed by atoms with Gasteiger partial charge in [0.25, 0.3) is 0 Å². The molecule has 0 heterocycles. The second-order valence-corrected chi connectivity index (χ2v) is 19.8. The monoisotopic (exact) mass is 891 g/mol. The van der Waals surface area contributed by atoms with E-state index in [-0.39, 0.29) is 31.1 Å². The minimum atomic E-state index is -0.762. The predicted octanol–water partition coefficient (Wildman–Crippen LogP) is 18.6. The zero-order valence-corrected chi connectivity index (χ0v) is 43.0. The average molecular weight is 892 g/mol. The van der Waals surface area contributed by atoms with Crippen molar-refractivity contribution >= 4 is 17.9 Å². The van der Waals surface area contributed by atoms with Crippen LogP contribution >= 0.6 is 0 Å². The predicted molar refractivity (Wildman–Crippen MR) is 270 cm³/mol. The van der Waals surface area contributed by atoms with Crippen molar-refractivity contribution in [2.75, 3.05) is 13.2 Å². The number of hydrogen-bond acceptors (Lipinski definition) is 6. The van der Waals surface area contributed by atoms with Crippen LogP contribution in [0.25, 0.3) is 0 Å². The maximum atomic E-state index is 12.8. The van der Waals surface area contributed by atoms with Gasteiger partial charge in [-0.3, -0.25) is 14.4 Å². The summed E-state index contributed by atoms with van der Waals surface area (Å²) in [6.07, 6.45) is 55.1. The van der Waals surface area contributed by atoms with E-state index in [1.165, 1.54) is 218 Å². The van der Waals surface area contributed by atoms with Gasteiger partial charge in [0.1, 0.15) is 13.2 Å². The van der Waals surface area contributed by atoms with Gasteiger partial charge in [0, 0.05) is 19.3 Å². The number of rotatable bonds is 52. The topological polar surface area (TPSA) is 78.9 Å². The van der Waals surface area contributed by atoms with Crippen LogP contribution in [0.5, 0.6) is 0 Å². The number of esters is 3. The first-order chi connectivity index (χ1) is 30.9. The molecule has 0 aromatic rings. The van der Waals surface area contributed by atoms with Crippen LogP contribution in [-0.4, -0.2) is 37.2 Å². The molecule has 0 amide bonds. The molecule has 0 radical (unpaired) electrons. The molecule has 0 aliphatic rings. The SMILES string of the molecule is CCCCCCCCCCCCCCCCCCCCC(=O)OC[C@@H](COC(=O)CCCCCCCCCCCCCCC)OC(=O)CCCCCCCCCCCCC(C)CC. The highest BCUT2D eigenvalue weighted by Crippen LogP contribution is 2.18. The van der Waals surface area contributed by atoms with Crippen LogP contribution in [0, 0.1) is 5.92 Å². The van der Waals surface area contributed by atoms with Crippen molar-refractivity contribution in [2.24, 2.45) is 5.92 Å². The molecule has 6 heteroatoms. The summed E-state index contributed by atoms with van der Waals surface area (Å²) in [6.45, 7) is 9.07. The molecule has 0 saturated carbocycles. The van der Waals surface area contributed by atoms with E-state index < -0.39 is 6.10 Å². The Morgan fingerprint density at radius 3 is 0.825 bits per heavy atom. The van der Waals surface area contributed by atoms with E-state index in [1.54, 1.807) is 0 Å². The van der Waals surface area contributed by atoms with Crippen molar-refractivity contribution in [3.05, 3.63) is 0 Å². The molecule has 0 aromatic carbocycles. The molecular formula is C57H110O6. The zero-order chi connectivity index (χ0) is 45.9. The van der Waals surface area contributed by atoms with E-state index >= 15 is 0 Å². The first-order valence-corrected chi connectivity index (χ1v) is 28.4. The number of carbonyl (C=O) groups excluding carboxylic acids is 3.